The summed E-state index contributed by atoms with van der Waals surface area (Å²) in [5.41, 5.74) is 2.24. The number of imidazole rings is 1. The molecule has 0 saturated heterocycles. The molecule has 0 N–H and O–H groups in total. The van der Waals surface area contributed by atoms with Crippen molar-refractivity contribution in [3.05, 3.63) is 47.7 Å². The first-order chi connectivity index (χ1) is 11.3. The van der Waals surface area contributed by atoms with Crippen LogP contribution in [-0.2, 0) is 5.75 Å². The average Bonchev–Trinajstić information content (AvgIpc) is 3.14. The number of rotatable bonds is 6. The number of hydrogen-bond donors (Lipinski definition) is 0. The van der Waals surface area contributed by atoms with Gasteiger partial charge in [-0.05, 0) is 37.1 Å². The van der Waals surface area contributed by atoms with Crippen molar-refractivity contribution in [2.24, 2.45) is 0 Å². The zero-order valence-corrected chi connectivity index (χ0v) is 14.4. The SMILES string of the molecule is COc1ccc(-c2nc(CSc3nccn3C3CC3)cs2)cc1. The van der Waals surface area contributed by atoms with Crippen LogP contribution in [0.3, 0.4) is 0 Å². The quantitative estimate of drug-likeness (QED) is 0.611. The van der Waals surface area contributed by atoms with Crippen LogP contribution < -0.4 is 4.74 Å². The minimum atomic E-state index is 0.672. The van der Waals surface area contributed by atoms with Crippen LogP contribution in [0.1, 0.15) is 24.6 Å². The Bertz CT molecular complexity index is 790. The van der Waals surface area contributed by atoms with E-state index in [0.717, 1.165) is 32.9 Å². The van der Waals surface area contributed by atoms with Gasteiger partial charge in [0.05, 0.1) is 12.8 Å². The molecule has 6 heteroatoms. The van der Waals surface area contributed by atoms with Crippen molar-refractivity contribution >= 4 is 23.1 Å². The second-order valence-electron chi connectivity index (χ2n) is 5.51. The first-order valence-corrected chi connectivity index (χ1v) is 9.44. The summed E-state index contributed by atoms with van der Waals surface area (Å²) in [6.45, 7) is 0. The molecule has 1 fully saturated rings. The van der Waals surface area contributed by atoms with Crippen LogP contribution in [-0.4, -0.2) is 21.6 Å². The monoisotopic (exact) mass is 343 g/mol. The molecule has 23 heavy (non-hydrogen) atoms. The van der Waals surface area contributed by atoms with Crippen LogP contribution in [0.4, 0.5) is 0 Å². The molecule has 1 aliphatic carbocycles. The third-order valence-electron chi connectivity index (χ3n) is 3.81. The maximum Gasteiger partial charge on any atom is 0.168 e. The topological polar surface area (TPSA) is 39.9 Å². The Balaban J connectivity index is 1.44. The number of benzene rings is 1. The van der Waals surface area contributed by atoms with E-state index in [1.165, 1.54) is 12.8 Å². The van der Waals surface area contributed by atoms with E-state index in [0.29, 0.717) is 6.04 Å². The number of ether oxygens (including phenoxy) is 1. The number of thioether (sulfide) groups is 1. The van der Waals surface area contributed by atoms with Crippen LogP contribution in [0, 0.1) is 0 Å². The predicted molar refractivity (Wildman–Crippen MR) is 94.2 cm³/mol. The van der Waals surface area contributed by atoms with Crippen LogP contribution in [0.25, 0.3) is 10.6 Å². The van der Waals surface area contributed by atoms with E-state index in [1.54, 1.807) is 30.2 Å². The molecule has 4 nitrogen and oxygen atoms in total. The Morgan fingerprint density at radius 3 is 2.87 bits per heavy atom. The molecule has 0 aliphatic heterocycles. The summed E-state index contributed by atoms with van der Waals surface area (Å²) in [5, 5.41) is 4.29. The molecule has 1 aliphatic rings. The van der Waals surface area contributed by atoms with E-state index in [4.69, 9.17) is 9.72 Å². The van der Waals surface area contributed by atoms with Gasteiger partial charge >= 0.3 is 0 Å². The van der Waals surface area contributed by atoms with Crippen molar-refractivity contribution in [3.63, 3.8) is 0 Å². The molecule has 0 amide bonds. The number of aromatic nitrogens is 3. The molecule has 4 rings (SSSR count). The number of thiazole rings is 1. The fourth-order valence-electron chi connectivity index (χ4n) is 2.42. The molecule has 1 saturated carbocycles. The molecule has 1 aromatic carbocycles. The van der Waals surface area contributed by atoms with E-state index >= 15 is 0 Å². The highest BCUT2D eigenvalue weighted by atomic mass is 32.2. The maximum atomic E-state index is 5.20. The summed E-state index contributed by atoms with van der Waals surface area (Å²) in [6, 6.07) is 8.71. The lowest BCUT2D eigenvalue weighted by Crippen LogP contribution is -1.94. The highest BCUT2D eigenvalue weighted by molar-refractivity contribution is 7.98. The van der Waals surface area contributed by atoms with Gasteiger partial charge < -0.3 is 9.30 Å². The molecular weight excluding hydrogens is 326 g/mol. The molecule has 2 heterocycles. The van der Waals surface area contributed by atoms with Gasteiger partial charge in [-0.15, -0.1) is 11.3 Å². The number of hydrogen-bond acceptors (Lipinski definition) is 5. The van der Waals surface area contributed by atoms with E-state index in [2.05, 4.69) is 21.1 Å². The van der Waals surface area contributed by atoms with Gasteiger partial charge in [0.1, 0.15) is 10.8 Å². The standard InChI is InChI=1S/C17H17N3OS2/c1-21-15-6-2-12(3-7-15)16-19-13(10-22-16)11-23-17-18-8-9-20(17)14-4-5-14/h2-3,6-10,14H,4-5,11H2,1H3. The van der Waals surface area contributed by atoms with Crippen molar-refractivity contribution in [2.75, 3.05) is 7.11 Å². The molecular formula is C17H17N3OS2. The zero-order chi connectivity index (χ0) is 15.6. The van der Waals surface area contributed by atoms with Crippen LogP contribution >= 0.6 is 23.1 Å². The van der Waals surface area contributed by atoms with Crippen molar-refractivity contribution in [3.8, 4) is 16.3 Å². The smallest absolute Gasteiger partial charge is 0.168 e. The Labute approximate surface area is 143 Å². The first kappa shape index (κ1) is 14.8. The second-order valence-corrected chi connectivity index (χ2v) is 7.31. The summed E-state index contributed by atoms with van der Waals surface area (Å²) in [7, 11) is 1.68. The Morgan fingerprint density at radius 1 is 1.30 bits per heavy atom. The molecule has 118 valence electrons. The van der Waals surface area contributed by atoms with Crippen molar-refractivity contribution in [1.29, 1.82) is 0 Å². The third kappa shape index (κ3) is 3.28. The van der Waals surface area contributed by atoms with E-state index in [1.807, 2.05) is 30.5 Å². The molecule has 2 aromatic heterocycles. The van der Waals surface area contributed by atoms with Crippen molar-refractivity contribution in [1.82, 2.24) is 14.5 Å². The Morgan fingerprint density at radius 2 is 2.13 bits per heavy atom. The Kier molecular flexibility index (Phi) is 4.10. The highest BCUT2D eigenvalue weighted by Gasteiger charge is 2.25. The molecule has 3 aromatic rings. The second kappa shape index (κ2) is 6.37. The average molecular weight is 343 g/mol. The van der Waals surface area contributed by atoms with Gasteiger partial charge in [-0.1, -0.05) is 11.8 Å². The molecule has 0 radical (unpaired) electrons. The normalized spacial score (nSPS) is 14.1. The van der Waals surface area contributed by atoms with Crippen molar-refractivity contribution in [2.45, 2.75) is 29.8 Å². The lowest BCUT2D eigenvalue weighted by atomic mass is 10.2. The summed E-state index contributed by atoms with van der Waals surface area (Å²) < 4.78 is 7.49. The van der Waals surface area contributed by atoms with Gasteiger partial charge in [0.25, 0.3) is 0 Å². The van der Waals surface area contributed by atoms with Crippen LogP contribution in [0.15, 0.2) is 47.2 Å². The van der Waals surface area contributed by atoms with E-state index in [-0.39, 0.29) is 0 Å². The van der Waals surface area contributed by atoms with E-state index in [9.17, 15) is 0 Å². The molecule has 0 unspecified atom stereocenters. The summed E-state index contributed by atoms with van der Waals surface area (Å²) >= 11 is 3.45. The number of nitrogens with zero attached hydrogens (tertiary/aromatic N) is 3. The predicted octanol–water partition coefficient (Wildman–Crippen LogP) is 4.64. The lowest BCUT2D eigenvalue weighted by molar-refractivity contribution is 0.415. The van der Waals surface area contributed by atoms with Gasteiger partial charge in [0.15, 0.2) is 5.16 Å². The Hall–Kier alpha value is -1.79. The van der Waals surface area contributed by atoms with Crippen molar-refractivity contribution < 1.29 is 4.74 Å². The lowest BCUT2D eigenvalue weighted by Gasteiger charge is -2.04. The summed E-state index contributed by atoms with van der Waals surface area (Å²) in [5.74, 6) is 1.73. The van der Waals surface area contributed by atoms with Gasteiger partial charge in [-0.2, -0.15) is 0 Å². The highest BCUT2D eigenvalue weighted by Crippen LogP contribution is 2.38. The maximum absolute atomic E-state index is 5.20. The largest absolute Gasteiger partial charge is 0.497 e. The minimum Gasteiger partial charge on any atom is -0.497 e. The van der Waals surface area contributed by atoms with Gasteiger partial charge in [0.2, 0.25) is 0 Å². The molecule has 0 spiro atoms. The van der Waals surface area contributed by atoms with Gasteiger partial charge in [-0.25, -0.2) is 9.97 Å². The van der Waals surface area contributed by atoms with Crippen LogP contribution in [0.2, 0.25) is 0 Å². The molecule has 0 bridgehead atoms. The summed E-state index contributed by atoms with van der Waals surface area (Å²) in [4.78, 5) is 9.21. The minimum absolute atomic E-state index is 0.672. The zero-order valence-electron chi connectivity index (χ0n) is 12.8. The third-order valence-corrected chi connectivity index (χ3v) is 5.77. The summed E-state index contributed by atoms with van der Waals surface area (Å²) in [6.07, 6.45) is 6.54. The van der Waals surface area contributed by atoms with Crippen LogP contribution in [0.5, 0.6) is 5.75 Å². The van der Waals surface area contributed by atoms with Gasteiger partial charge in [-0.3, -0.25) is 0 Å². The first-order valence-electron chi connectivity index (χ1n) is 7.58. The van der Waals surface area contributed by atoms with Gasteiger partial charge in [0, 0.05) is 35.1 Å². The molecule has 0 atom stereocenters. The number of methoxy groups -OCH3 is 1. The fourth-order valence-corrected chi connectivity index (χ4v) is 4.27. The fraction of sp³-hybridized carbons (Fsp3) is 0.294. The van der Waals surface area contributed by atoms with E-state index < -0.39 is 0 Å².